The second-order valence-electron chi connectivity index (χ2n) is 7.29. The van der Waals surface area contributed by atoms with Gasteiger partial charge in [0, 0.05) is 23.3 Å². The summed E-state index contributed by atoms with van der Waals surface area (Å²) in [4.78, 5) is 16.6. The molecule has 4 rings (SSSR count). The number of anilines is 1. The Labute approximate surface area is 179 Å². The SMILES string of the molecule is COc1ccc(N2C(=O)CN(Cc3ccccc3Cl)[C@@H]3CS(=O)(=O)C[C@H]32)cc1Cl. The number of piperazine rings is 1. The van der Waals surface area contributed by atoms with Crippen LogP contribution >= 0.6 is 23.2 Å². The second-order valence-corrected chi connectivity index (χ2v) is 10.3. The predicted octanol–water partition coefficient (Wildman–Crippen LogP) is 3.02. The molecule has 2 fully saturated rings. The largest absolute Gasteiger partial charge is 0.495 e. The van der Waals surface area contributed by atoms with Crippen LogP contribution in [-0.2, 0) is 21.2 Å². The zero-order chi connectivity index (χ0) is 20.8. The number of methoxy groups -OCH3 is 1. The number of carbonyl (C=O) groups excluding carboxylic acids is 1. The summed E-state index contributed by atoms with van der Waals surface area (Å²) in [5.41, 5.74) is 1.44. The van der Waals surface area contributed by atoms with E-state index in [4.69, 9.17) is 27.9 Å². The summed E-state index contributed by atoms with van der Waals surface area (Å²) in [6, 6.07) is 11.7. The summed E-state index contributed by atoms with van der Waals surface area (Å²) in [6.07, 6.45) is 0. The molecule has 0 N–H and O–H groups in total. The maximum Gasteiger partial charge on any atom is 0.241 e. The van der Waals surface area contributed by atoms with Gasteiger partial charge in [-0.25, -0.2) is 8.42 Å². The molecule has 1 amide bonds. The third kappa shape index (κ3) is 3.97. The minimum atomic E-state index is -3.28. The Kier molecular flexibility index (Phi) is 5.50. The summed E-state index contributed by atoms with van der Waals surface area (Å²) >= 11 is 12.5. The third-order valence-corrected chi connectivity index (χ3v) is 7.81. The average molecular weight is 455 g/mol. The minimum absolute atomic E-state index is 0.00971. The van der Waals surface area contributed by atoms with E-state index in [0.29, 0.717) is 28.0 Å². The summed E-state index contributed by atoms with van der Waals surface area (Å²) in [7, 11) is -1.76. The van der Waals surface area contributed by atoms with E-state index in [0.717, 1.165) is 5.56 Å². The van der Waals surface area contributed by atoms with Gasteiger partial charge in [0.05, 0.1) is 36.2 Å². The van der Waals surface area contributed by atoms with Gasteiger partial charge in [0.15, 0.2) is 9.84 Å². The molecule has 0 unspecified atom stereocenters. The standard InChI is InChI=1S/C20H20Cl2N2O4S/c1-28-19-7-6-14(8-16(19)22)24-18-12-29(26,27)11-17(18)23(10-20(24)25)9-13-4-2-3-5-15(13)21/h2-8,17-18H,9-12H2,1H3/t17-,18-/m1/s1. The average Bonchev–Trinajstić information content (AvgIpc) is 2.98. The minimum Gasteiger partial charge on any atom is -0.495 e. The smallest absolute Gasteiger partial charge is 0.241 e. The lowest BCUT2D eigenvalue weighted by atomic mass is 10.0. The molecular weight excluding hydrogens is 435 g/mol. The van der Waals surface area contributed by atoms with E-state index in [1.54, 1.807) is 29.2 Å². The van der Waals surface area contributed by atoms with E-state index >= 15 is 0 Å². The Morgan fingerprint density at radius 2 is 1.79 bits per heavy atom. The third-order valence-electron chi connectivity index (χ3n) is 5.45. The Morgan fingerprint density at radius 1 is 1.07 bits per heavy atom. The molecule has 2 saturated heterocycles. The molecular formula is C20H20Cl2N2O4S. The van der Waals surface area contributed by atoms with Crippen molar-refractivity contribution in [1.82, 2.24) is 4.90 Å². The number of halogens is 2. The Bertz CT molecular complexity index is 1060. The number of benzene rings is 2. The first-order valence-corrected chi connectivity index (χ1v) is 11.7. The number of fused-ring (bicyclic) bond motifs is 1. The summed E-state index contributed by atoms with van der Waals surface area (Å²) in [5.74, 6) is 0.259. The Morgan fingerprint density at radius 3 is 2.48 bits per heavy atom. The molecule has 2 aromatic rings. The van der Waals surface area contributed by atoms with Gasteiger partial charge in [-0.1, -0.05) is 41.4 Å². The van der Waals surface area contributed by atoms with E-state index in [1.807, 2.05) is 23.1 Å². The Hall–Kier alpha value is -1.80. The lowest BCUT2D eigenvalue weighted by Crippen LogP contribution is -2.61. The molecule has 0 radical (unpaired) electrons. The normalized spacial score (nSPS) is 23.8. The van der Waals surface area contributed by atoms with E-state index < -0.39 is 15.9 Å². The molecule has 0 bridgehead atoms. The molecule has 0 spiro atoms. The van der Waals surface area contributed by atoms with Crippen LogP contribution in [0.25, 0.3) is 0 Å². The van der Waals surface area contributed by atoms with Crippen molar-refractivity contribution in [1.29, 1.82) is 0 Å². The summed E-state index contributed by atoms with van der Waals surface area (Å²) in [6.45, 7) is 0.519. The molecule has 6 nitrogen and oxygen atoms in total. The lowest BCUT2D eigenvalue weighted by molar-refractivity contribution is -0.123. The van der Waals surface area contributed by atoms with Gasteiger partial charge in [-0.3, -0.25) is 9.69 Å². The van der Waals surface area contributed by atoms with Crippen LogP contribution in [-0.4, -0.2) is 56.5 Å². The lowest BCUT2D eigenvalue weighted by Gasteiger charge is -2.43. The van der Waals surface area contributed by atoms with E-state index in [1.165, 1.54) is 7.11 Å². The molecule has 9 heteroatoms. The van der Waals surface area contributed by atoms with Gasteiger partial charge in [0.1, 0.15) is 5.75 Å². The van der Waals surface area contributed by atoms with Crippen LogP contribution < -0.4 is 9.64 Å². The van der Waals surface area contributed by atoms with Gasteiger partial charge in [-0.15, -0.1) is 0 Å². The van der Waals surface area contributed by atoms with Crippen LogP contribution in [0, 0.1) is 0 Å². The molecule has 154 valence electrons. The Balaban J connectivity index is 1.68. The monoisotopic (exact) mass is 454 g/mol. The quantitative estimate of drug-likeness (QED) is 0.709. The zero-order valence-corrected chi connectivity index (χ0v) is 18.0. The van der Waals surface area contributed by atoms with Crippen molar-refractivity contribution in [3.8, 4) is 5.75 Å². The molecule has 29 heavy (non-hydrogen) atoms. The molecule has 0 aromatic heterocycles. The van der Waals surface area contributed by atoms with Crippen molar-refractivity contribution < 1.29 is 17.9 Å². The first kappa shape index (κ1) is 20.5. The highest BCUT2D eigenvalue weighted by atomic mass is 35.5. The molecule has 2 aliphatic heterocycles. The van der Waals surface area contributed by atoms with Gasteiger partial charge in [-0.05, 0) is 29.8 Å². The maximum atomic E-state index is 13.1. The highest BCUT2D eigenvalue weighted by Gasteiger charge is 2.49. The summed E-state index contributed by atoms with van der Waals surface area (Å²) < 4.78 is 30.1. The van der Waals surface area contributed by atoms with Crippen molar-refractivity contribution in [2.45, 2.75) is 18.6 Å². The van der Waals surface area contributed by atoms with E-state index in [9.17, 15) is 13.2 Å². The van der Waals surface area contributed by atoms with E-state index in [2.05, 4.69) is 0 Å². The fourth-order valence-corrected chi connectivity index (χ4v) is 6.55. The first-order valence-electron chi connectivity index (χ1n) is 9.12. The van der Waals surface area contributed by atoms with Gasteiger partial charge in [0.25, 0.3) is 0 Å². The van der Waals surface area contributed by atoms with Crippen LogP contribution in [0.3, 0.4) is 0 Å². The van der Waals surface area contributed by atoms with Crippen LogP contribution in [0.1, 0.15) is 5.56 Å². The van der Waals surface area contributed by atoms with Gasteiger partial charge in [0.2, 0.25) is 5.91 Å². The van der Waals surface area contributed by atoms with Gasteiger partial charge in [-0.2, -0.15) is 0 Å². The van der Waals surface area contributed by atoms with Gasteiger partial charge >= 0.3 is 0 Å². The van der Waals surface area contributed by atoms with Crippen molar-refractivity contribution >= 4 is 44.6 Å². The number of ether oxygens (including phenoxy) is 1. The van der Waals surface area contributed by atoms with Crippen LogP contribution in [0.4, 0.5) is 5.69 Å². The number of nitrogens with zero attached hydrogens (tertiary/aromatic N) is 2. The molecule has 2 aliphatic rings. The van der Waals surface area contributed by atoms with Crippen LogP contribution in [0.2, 0.25) is 10.0 Å². The van der Waals surface area contributed by atoms with E-state index in [-0.39, 0.29) is 30.0 Å². The first-order chi connectivity index (χ1) is 13.8. The highest BCUT2D eigenvalue weighted by Crippen LogP contribution is 2.36. The van der Waals surface area contributed by atoms with Crippen LogP contribution in [0.5, 0.6) is 5.75 Å². The van der Waals surface area contributed by atoms with Gasteiger partial charge < -0.3 is 9.64 Å². The molecule has 2 atom stereocenters. The fourth-order valence-electron chi connectivity index (χ4n) is 4.12. The number of hydrogen-bond acceptors (Lipinski definition) is 5. The van der Waals surface area contributed by atoms with Crippen molar-refractivity contribution in [2.24, 2.45) is 0 Å². The number of sulfone groups is 1. The number of rotatable bonds is 4. The van der Waals surface area contributed by atoms with Crippen LogP contribution in [0.15, 0.2) is 42.5 Å². The molecule has 2 aromatic carbocycles. The predicted molar refractivity (Wildman–Crippen MR) is 114 cm³/mol. The molecule has 0 aliphatic carbocycles. The molecule has 2 heterocycles. The van der Waals surface area contributed by atoms with Crippen molar-refractivity contribution in [3.05, 3.63) is 58.1 Å². The maximum absolute atomic E-state index is 13.1. The number of hydrogen-bond donors (Lipinski definition) is 0. The summed E-state index contributed by atoms with van der Waals surface area (Å²) in [5, 5.41) is 0.968. The number of carbonyl (C=O) groups is 1. The zero-order valence-electron chi connectivity index (χ0n) is 15.7. The van der Waals surface area contributed by atoms with Crippen molar-refractivity contribution in [3.63, 3.8) is 0 Å². The van der Waals surface area contributed by atoms with Crippen molar-refractivity contribution in [2.75, 3.05) is 30.1 Å². The fraction of sp³-hybridized carbons (Fsp3) is 0.350. The number of amides is 1. The highest BCUT2D eigenvalue weighted by molar-refractivity contribution is 7.91. The second kappa shape index (κ2) is 7.80. The topological polar surface area (TPSA) is 66.9 Å². The molecule has 0 saturated carbocycles.